The van der Waals surface area contributed by atoms with Crippen molar-refractivity contribution in [2.75, 3.05) is 51.7 Å². The highest BCUT2D eigenvalue weighted by atomic mass is 16.6. The van der Waals surface area contributed by atoms with Crippen LogP contribution in [0.1, 0.15) is 132 Å². The van der Waals surface area contributed by atoms with Crippen molar-refractivity contribution in [3.63, 3.8) is 0 Å². The van der Waals surface area contributed by atoms with Crippen LogP contribution in [0.25, 0.3) is 0 Å². The van der Waals surface area contributed by atoms with E-state index >= 15 is 0 Å². The third-order valence-electron chi connectivity index (χ3n) is 16.5. The molecule has 2 saturated heterocycles. The number of anilines is 1. The molecule has 488 valence electrons. The zero-order chi connectivity index (χ0) is 64.9. The summed E-state index contributed by atoms with van der Waals surface area (Å²) in [5.41, 5.74) is 4.49. The number of hydrogen-bond acceptors (Lipinski definition) is 17. The van der Waals surface area contributed by atoms with Gasteiger partial charge in [0.2, 0.25) is 17.7 Å². The molecule has 0 aromatic heterocycles. The first-order valence-electron chi connectivity index (χ1n) is 30.6. The molecule has 1 aromatic carbocycles. The number of aliphatic hydroxyl groups is 3. The summed E-state index contributed by atoms with van der Waals surface area (Å²) in [6, 6.07) is 3.69. The molecule has 12 atom stereocenters. The van der Waals surface area contributed by atoms with E-state index in [4.69, 9.17) is 29.4 Å². The number of primary amides is 1. The van der Waals surface area contributed by atoms with Crippen LogP contribution in [0.15, 0.2) is 72.4 Å². The maximum absolute atomic E-state index is 13.9. The Morgan fingerprint density at radius 3 is 2.20 bits per heavy atom. The summed E-state index contributed by atoms with van der Waals surface area (Å²) in [5, 5.41) is 43.2. The Morgan fingerprint density at radius 2 is 1.58 bits per heavy atom. The maximum Gasteiger partial charge on any atom is 0.410 e. The molecule has 4 heterocycles. The monoisotopic (exact) mass is 1230 g/mol. The first-order valence-corrected chi connectivity index (χ1v) is 30.6. The second-order valence-electron chi connectivity index (χ2n) is 24.1. The van der Waals surface area contributed by atoms with E-state index in [9.17, 15) is 58.5 Å². The number of hydrogen-bond donors (Lipinski definition) is 8. The number of rotatable bonds is 28. The first-order chi connectivity index (χ1) is 41.6. The molecule has 1 aromatic rings. The zero-order valence-corrected chi connectivity index (χ0v) is 52.4. The highest BCUT2D eigenvalue weighted by molar-refractivity contribution is 6.12. The largest absolute Gasteiger partial charge is 0.457 e. The Bertz CT molecular complexity index is 2670. The van der Waals surface area contributed by atoms with E-state index in [0.717, 1.165) is 4.90 Å². The van der Waals surface area contributed by atoms with Crippen LogP contribution in [0, 0.1) is 17.8 Å². The van der Waals surface area contributed by atoms with Crippen molar-refractivity contribution in [2.24, 2.45) is 23.5 Å². The number of cyclic esters (lactones) is 1. The molecule has 5 rings (SSSR count). The van der Waals surface area contributed by atoms with Gasteiger partial charge in [0.1, 0.15) is 30.4 Å². The van der Waals surface area contributed by atoms with Gasteiger partial charge in [0, 0.05) is 88.9 Å². The molecule has 0 saturated carbocycles. The average Bonchev–Trinajstić information content (AvgIpc) is 1.84. The van der Waals surface area contributed by atoms with Gasteiger partial charge < -0.3 is 75.8 Å². The Hall–Kier alpha value is -7.19. The SMILES string of the molecule is CC[C@H](O)[C@@H](C)[C@H]1O[C@@H]1CC(C)(O)/C=C/C=C(\C)[C@H]1OC(=O)C[C@H](O)CC[C@@](C)(OC)[C@@H](OC(=O)N2CCN(C(=O)OCc3ccc(NC(=O)[C@H](CCCNC(N)=O)NC(=O)[C@@H](NC(=O)CCCCCN4C(=O)C=CC4=O)C(C)C)cc3)CC2)/C=C/[C@@H]1C. The molecule has 4 aliphatic heterocycles. The quantitative estimate of drug-likeness (QED) is 0.0106. The van der Waals surface area contributed by atoms with Crippen molar-refractivity contribution in [2.45, 2.75) is 193 Å². The number of unbranched alkanes of at least 4 members (excludes halogenated alkanes) is 2. The number of carbonyl (C=O) groups is 9. The van der Waals surface area contributed by atoms with Gasteiger partial charge in [-0.05, 0) is 101 Å². The van der Waals surface area contributed by atoms with Gasteiger partial charge in [0.05, 0.1) is 36.4 Å². The summed E-state index contributed by atoms with van der Waals surface area (Å²) in [5.74, 6) is -3.75. The molecule has 0 radical (unpaired) electrons. The minimum Gasteiger partial charge on any atom is -0.457 e. The van der Waals surface area contributed by atoms with E-state index in [-0.39, 0.29) is 126 Å². The number of benzene rings is 1. The second kappa shape index (κ2) is 34.0. The molecule has 2 fully saturated rings. The molecule has 25 heteroatoms. The molecule has 9 N–H and O–H groups in total. The molecule has 0 bridgehead atoms. The molecular formula is C63H94N8O17. The summed E-state index contributed by atoms with van der Waals surface area (Å²) in [6.45, 7) is 15.2. The van der Waals surface area contributed by atoms with E-state index in [2.05, 4.69) is 21.3 Å². The third kappa shape index (κ3) is 22.4. The minimum atomic E-state index is -1.23. The highest BCUT2D eigenvalue weighted by Gasteiger charge is 2.47. The van der Waals surface area contributed by atoms with Gasteiger partial charge in [-0.15, -0.1) is 0 Å². The van der Waals surface area contributed by atoms with E-state index in [1.165, 1.54) is 29.1 Å². The minimum absolute atomic E-state index is 0.0613. The molecule has 25 nitrogen and oxygen atoms in total. The topological polar surface area (TPSA) is 348 Å². The molecule has 1 unspecified atom stereocenters. The number of esters is 1. The van der Waals surface area contributed by atoms with Crippen molar-refractivity contribution in [1.29, 1.82) is 0 Å². The van der Waals surface area contributed by atoms with Crippen molar-refractivity contribution in [1.82, 2.24) is 30.7 Å². The summed E-state index contributed by atoms with van der Waals surface area (Å²) < 4.78 is 29.5. The van der Waals surface area contributed by atoms with Crippen LogP contribution in [0.3, 0.4) is 0 Å². The lowest BCUT2D eigenvalue weighted by Gasteiger charge is -2.38. The smallest absolute Gasteiger partial charge is 0.410 e. The first kappa shape index (κ1) is 71.6. The number of imide groups is 1. The van der Waals surface area contributed by atoms with Crippen LogP contribution in [0.2, 0.25) is 0 Å². The van der Waals surface area contributed by atoms with Crippen LogP contribution in [-0.2, 0) is 59.1 Å². The van der Waals surface area contributed by atoms with Crippen LogP contribution >= 0.6 is 0 Å². The Balaban J connectivity index is 1.12. The van der Waals surface area contributed by atoms with Gasteiger partial charge in [-0.2, -0.15) is 0 Å². The summed E-state index contributed by atoms with van der Waals surface area (Å²) in [7, 11) is 1.48. The van der Waals surface area contributed by atoms with Crippen molar-refractivity contribution < 1.29 is 82.2 Å². The van der Waals surface area contributed by atoms with Crippen molar-refractivity contribution in [3.05, 3.63) is 77.9 Å². The number of urea groups is 1. The van der Waals surface area contributed by atoms with Crippen molar-refractivity contribution in [3.8, 4) is 0 Å². The Labute approximate surface area is 516 Å². The van der Waals surface area contributed by atoms with E-state index in [1.807, 2.05) is 20.8 Å². The predicted octanol–water partition coefficient (Wildman–Crippen LogP) is 4.82. The molecule has 0 aliphatic carbocycles. The van der Waals surface area contributed by atoms with Gasteiger partial charge in [-0.3, -0.25) is 33.7 Å². The number of nitrogens with one attached hydrogen (secondary N) is 4. The van der Waals surface area contributed by atoms with Gasteiger partial charge in [-0.25, -0.2) is 14.4 Å². The van der Waals surface area contributed by atoms with Crippen molar-refractivity contribution >= 4 is 59.4 Å². The third-order valence-corrected chi connectivity index (χ3v) is 16.5. The number of nitrogens with two attached hydrogens (primary N) is 1. The normalized spacial score (nSPS) is 25.1. The van der Waals surface area contributed by atoms with E-state index in [0.29, 0.717) is 48.9 Å². The van der Waals surface area contributed by atoms with Crippen LogP contribution in [0.4, 0.5) is 20.1 Å². The fraction of sp³-hybridized carbons (Fsp3) is 0.635. The molecule has 0 spiro atoms. The average molecular weight is 1240 g/mol. The number of nitrogens with zero attached hydrogens (tertiary/aromatic N) is 3. The lowest BCUT2D eigenvalue weighted by molar-refractivity contribution is -0.151. The standard InChI is InChI=1S/C63H94N8O17/c1-10-47(73)42(6)56-48(86-56)37-62(7,83)28-14-16-40(4)55-41(5)19-24-49(63(8,84-9)29-27-45(72)36-53(77)88-55)87-61(82)70-34-32-69(33-35-70)60(81)85-38-43-20-22-44(23-21-43)66-57(78)46(17-15-30-65-59(64)80)67-58(79)54(39(2)3)68-50(74)18-12-11-13-31-71-51(75)25-26-52(71)76/h14,16,19-26,28,39,41-42,45-49,54-56,72-73,83H,10-13,15,17-18,27,29-38H2,1-9H3,(H,66,78)(H,67,79)(H,68,74)(H3,64,65,80)/b24-19+,28-14+,40-16+/t41-,42+,45+,46-,47-,48+,49-,54-,55+,56+,62?,63+/m0/s1. The van der Waals surface area contributed by atoms with Crippen LogP contribution in [-0.4, -0.2) is 190 Å². The lowest BCUT2D eigenvalue weighted by atomic mass is 9.88. The zero-order valence-electron chi connectivity index (χ0n) is 52.4. The summed E-state index contributed by atoms with van der Waals surface area (Å²) in [4.78, 5) is 120. The number of methoxy groups -OCH3 is 1. The number of aliphatic hydroxyl groups excluding tert-OH is 2. The second-order valence-corrected chi connectivity index (χ2v) is 24.1. The lowest BCUT2D eigenvalue weighted by Crippen LogP contribution is -2.54. The van der Waals surface area contributed by atoms with E-state index in [1.54, 1.807) is 89.3 Å². The summed E-state index contributed by atoms with van der Waals surface area (Å²) >= 11 is 0. The summed E-state index contributed by atoms with van der Waals surface area (Å²) in [6.07, 6.45) is 9.09. The van der Waals surface area contributed by atoms with Gasteiger partial charge >= 0.3 is 24.2 Å². The van der Waals surface area contributed by atoms with Crippen LogP contribution < -0.4 is 27.0 Å². The highest BCUT2D eigenvalue weighted by Crippen LogP contribution is 2.38. The Kier molecular flexibility index (Phi) is 27.6. The van der Waals surface area contributed by atoms with E-state index < -0.39 is 89.6 Å². The predicted molar refractivity (Wildman–Crippen MR) is 324 cm³/mol. The molecule has 9 amide bonds. The number of allylic oxidation sites excluding steroid dienone is 2. The number of ether oxygens (including phenoxy) is 5. The Morgan fingerprint density at radius 1 is 0.920 bits per heavy atom. The number of amides is 9. The molecular weight excluding hydrogens is 1140 g/mol. The number of carbonyl (C=O) groups excluding carboxylic acids is 9. The van der Waals surface area contributed by atoms with Gasteiger partial charge in [0.25, 0.3) is 11.8 Å². The van der Waals surface area contributed by atoms with Gasteiger partial charge in [0.15, 0.2) is 6.10 Å². The fourth-order valence-electron chi connectivity index (χ4n) is 10.6. The number of piperazine rings is 1. The maximum atomic E-state index is 13.9. The van der Waals surface area contributed by atoms with Crippen LogP contribution in [0.5, 0.6) is 0 Å². The van der Waals surface area contributed by atoms with Gasteiger partial charge in [-0.1, -0.05) is 77.5 Å². The fourth-order valence-corrected chi connectivity index (χ4v) is 10.6. The molecule has 88 heavy (non-hydrogen) atoms. The molecule has 4 aliphatic rings. The number of epoxide rings is 1.